The monoisotopic (exact) mass is 215 g/mol. The van der Waals surface area contributed by atoms with Crippen LogP contribution in [0.25, 0.3) is 0 Å². The molecule has 0 saturated heterocycles. The highest BCUT2D eigenvalue weighted by molar-refractivity contribution is 6.32. The van der Waals surface area contributed by atoms with E-state index in [1.807, 2.05) is 0 Å². The predicted octanol–water partition coefficient (Wildman–Crippen LogP) is 1.41. The molecule has 4 nitrogen and oxygen atoms in total. The van der Waals surface area contributed by atoms with Gasteiger partial charge in [-0.25, -0.2) is 0 Å². The second-order valence-corrected chi connectivity index (χ2v) is 3.18. The largest absolute Gasteiger partial charge is 0.492 e. The minimum absolute atomic E-state index is 0.204. The fourth-order valence-electron chi connectivity index (χ4n) is 1.20. The molecule has 1 aromatic carbocycles. The van der Waals surface area contributed by atoms with E-state index in [9.17, 15) is 0 Å². The van der Waals surface area contributed by atoms with E-state index >= 15 is 0 Å². The average Bonchev–Trinajstić information content (AvgIpc) is 2.63. The first-order valence-corrected chi connectivity index (χ1v) is 4.61. The number of nitrogens with two attached hydrogens (primary N) is 1. The molecule has 0 aromatic heterocycles. The molecule has 1 aliphatic rings. The van der Waals surface area contributed by atoms with Crippen LogP contribution in [0.4, 0.5) is 0 Å². The van der Waals surface area contributed by atoms with Gasteiger partial charge in [-0.1, -0.05) is 11.6 Å². The second-order valence-electron chi connectivity index (χ2n) is 2.78. The van der Waals surface area contributed by atoms with Gasteiger partial charge in [-0.3, -0.25) is 0 Å². The molecule has 1 heterocycles. The van der Waals surface area contributed by atoms with Crippen molar-refractivity contribution < 1.29 is 14.2 Å². The van der Waals surface area contributed by atoms with E-state index in [1.54, 1.807) is 12.1 Å². The highest BCUT2D eigenvalue weighted by Crippen LogP contribution is 2.41. The third-order valence-electron chi connectivity index (χ3n) is 1.79. The van der Waals surface area contributed by atoms with Gasteiger partial charge >= 0.3 is 0 Å². The Hall–Kier alpha value is -1.13. The summed E-state index contributed by atoms with van der Waals surface area (Å²) in [4.78, 5) is 0. The van der Waals surface area contributed by atoms with Crippen LogP contribution in [0.3, 0.4) is 0 Å². The van der Waals surface area contributed by atoms with Crippen molar-refractivity contribution >= 4 is 11.6 Å². The van der Waals surface area contributed by atoms with E-state index in [0.29, 0.717) is 35.4 Å². The topological polar surface area (TPSA) is 53.7 Å². The predicted molar refractivity (Wildman–Crippen MR) is 52.1 cm³/mol. The van der Waals surface area contributed by atoms with Crippen LogP contribution < -0.4 is 19.9 Å². The molecule has 0 saturated carbocycles. The van der Waals surface area contributed by atoms with Gasteiger partial charge in [0.25, 0.3) is 0 Å². The summed E-state index contributed by atoms with van der Waals surface area (Å²) in [5, 5.41) is 0.493. The molecule has 0 aliphatic carbocycles. The van der Waals surface area contributed by atoms with Crippen molar-refractivity contribution in [3.8, 4) is 17.2 Å². The number of rotatable bonds is 3. The number of halogens is 1. The van der Waals surface area contributed by atoms with Crippen LogP contribution in [-0.4, -0.2) is 19.9 Å². The first-order chi connectivity index (χ1) is 6.81. The summed E-state index contributed by atoms with van der Waals surface area (Å²) in [7, 11) is 0. The van der Waals surface area contributed by atoms with Crippen molar-refractivity contribution in [1.29, 1.82) is 0 Å². The van der Waals surface area contributed by atoms with Crippen LogP contribution in [0.15, 0.2) is 12.1 Å². The zero-order valence-corrected chi connectivity index (χ0v) is 8.21. The summed E-state index contributed by atoms with van der Waals surface area (Å²) < 4.78 is 15.7. The smallest absolute Gasteiger partial charge is 0.231 e. The maximum atomic E-state index is 5.94. The summed E-state index contributed by atoms with van der Waals surface area (Å²) in [6.45, 7) is 1.12. The van der Waals surface area contributed by atoms with E-state index in [1.165, 1.54) is 0 Å². The van der Waals surface area contributed by atoms with Gasteiger partial charge in [-0.2, -0.15) is 0 Å². The lowest BCUT2D eigenvalue weighted by molar-refractivity contribution is 0.174. The molecule has 2 rings (SSSR count). The minimum Gasteiger partial charge on any atom is -0.492 e. The lowest BCUT2D eigenvalue weighted by atomic mass is 10.3. The third kappa shape index (κ3) is 1.71. The molecular weight excluding hydrogens is 206 g/mol. The molecule has 5 heteroatoms. The molecule has 76 valence electrons. The van der Waals surface area contributed by atoms with Gasteiger partial charge < -0.3 is 19.9 Å². The Morgan fingerprint density at radius 3 is 3.07 bits per heavy atom. The van der Waals surface area contributed by atoms with E-state index in [0.717, 1.165) is 0 Å². The Labute approximate surface area is 86.5 Å². The van der Waals surface area contributed by atoms with Crippen molar-refractivity contribution in [3.05, 3.63) is 17.2 Å². The zero-order valence-electron chi connectivity index (χ0n) is 7.46. The van der Waals surface area contributed by atoms with Gasteiger partial charge in [0.2, 0.25) is 6.79 Å². The van der Waals surface area contributed by atoms with Crippen LogP contribution in [0.5, 0.6) is 17.2 Å². The molecule has 14 heavy (non-hydrogen) atoms. The van der Waals surface area contributed by atoms with Crippen LogP contribution in [0.2, 0.25) is 5.02 Å². The van der Waals surface area contributed by atoms with E-state index in [2.05, 4.69) is 0 Å². The molecule has 0 fully saturated rings. The average molecular weight is 216 g/mol. The molecular formula is C9H10ClNO3. The number of hydrogen-bond donors (Lipinski definition) is 1. The lowest BCUT2D eigenvalue weighted by Crippen LogP contribution is -2.10. The Morgan fingerprint density at radius 2 is 2.29 bits per heavy atom. The van der Waals surface area contributed by atoms with Crippen LogP contribution in [0.1, 0.15) is 0 Å². The Bertz CT molecular complexity index is 343. The van der Waals surface area contributed by atoms with E-state index in [-0.39, 0.29) is 6.79 Å². The van der Waals surface area contributed by atoms with Crippen molar-refractivity contribution in [2.45, 2.75) is 0 Å². The number of hydrogen-bond acceptors (Lipinski definition) is 4. The molecule has 0 unspecified atom stereocenters. The van der Waals surface area contributed by atoms with Crippen LogP contribution >= 0.6 is 11.6 Å². The van der Waals surface area contributed by atoms with Crippen LogP contribution in [-0.2, 0) is 0 Å². The SMILES string of the molecule is NCCOc1cc(Cl)c2c(c1)OCO2. The highest BCUT2D eigenvalue weighted by Gasteiger charge is 2.18. The van der Waals surface area contributed by atoms with Gasteiger partial charge in [-0.15, -0.1) is 0 Å². The van der Waals surface area contributed by atoms with Gasteiger partial charge in [-0.05, 0) is 0 Å². The normalized spacial score (nSPS) is 13.0. The van der Waals surface area contributed by atoms with Gasteiger partial charge in [0, 0.05) is 18.7 Å². The van der Waals surface area contributed by atoms with Crippen molar-refractivity contribution in [2.75, 3.05) is 19.9 Å². The molecule has 0 spiro atoms. The fourth-order valence-corrected chi connectivity index (χ4v) is 1.46. The lowest BCUT2D eigenvalue weighted by Gasteiger charge is -2.06. The van der Waals surface area contributed by atoms with Crippen molar-refractivity contribution in [3.63, 3.8) is 0 Å². The molecule has 0 atom stereocenters. The molecule has 1 aliphatic heterocycles. The Balaban J connectivity index is 2.23. The van der Waals surface area contributed by atoms with Crippen molar-refractivity contribution in [1.82, 2.24) is 0 Å². The summed E-state index contributed by atoms with van der Waals surface area (Å²) in [5.74, 6) is 1.83. The first kappa shape index (κ1) is 9.43. The van der Waals surface area contributed by atoms with Crippen molar-refractivity contribution in [2.24, 2.45) is 5.73 Å². The third-order valence-corrected chi connectivity index (χ3v) is 2.07. The number of benzene rings is 1. The summed E-state index contributed by atoms with van der Waals surface area (Å²) >= 11 is 5.94. The Kier molecular flexibility index (Phi) is 2.65. The van der Waals surface area contributed by atoms with Gasteiger partial charge in [0.15, 0.2) is 11.5 Å². The van der Waals surface area contributed by atoms with E-state index in [4.69, 9.17) is 31.5 Å². The molecule has 0 radical (unpaired) electrons. The van der Waals surface area contributed by atoms with Crippen LogP contribution in [0, 0.1) is 0 Å². The van der Waals surface area contributed by atoms with Gasteiger partial charge in [0.1, 0.15) is 12.4 Å². The molecule has 2 N–H and O–H groups in total. The molecule has 1 aromatic rings. The Morgan fingerprint density at radius 1 is 1.43 bits per heavy atom. The van der Waals surface area contributed by atoms with E-state index < -0.39 is 0 Å². The maximum Gasteiger partial charge on any atom is 0.231 e. The summed E-state index contributed by atoms with van der Waals surface area (Å²) in [6, 6.07) is 3.43. The standard InChI is InChI=1S/C9H10ClNO3/c10-7-3-6(12-2-1-11)4-8-9(7)14-5-13-8/h3-4H,1-2,5,11H2. The number of fused-ring (bicyclic) bond motifs is 1. The minimum atomic E-state index is 0.204. The maximum absolute atomic E-state index is 5.94. The summed E-state index contributed by atoms with van der Waals surface area (Å²) in [5.41, 5.74) is 5.31. The second kappa shape index (κ2) is 3.94. The summed E-state index contributed by atoms with van der Waals surface area (Å²) in [6.07, 6.45) is 0. The highest BCUT2D eigenvalue weighted by atomic mass is 35.5. The quantitative estimate of drug-likeness (QED) is 0.828. The zero-order chi connectivity index (χ0) is 9.97. The number of ether oxygens (including phenoxy) is 3. The van der Waals surface area contributed by atoms with Gasteiger partial charge in [0.05, 0.1) is 5.02 Å². The fraction of sp³-hybridized carbons (Fsp3) is 0.333. The molecule has 0 amide bonds. The molecule has 0 bridgehead atoms. The first-order valence-electron chi connectivity index (χ1n) is 4.23.